The maximum Gasteiger partial charge on any atom is 0.434 e. The first-order valence-electron chi connectivity index (χ1n) is 6.39. The fourth-order valence-corrected chi connectivity index (χ4v) is 1.97. The molecule has 23 heavy (non-hydrogen) atoms. The summed E-state index contributed by atoms with van der Waals surface area (Å²) < 4.78 is 57.2. The molecule has 1 amide bonds. The lowest BCUT2D eigenvalue weighted by Gasteiger charge is -2.20. The number of aromatic nitrogens is 1. The van der Waals surface area contributed by atoms with E-state index in [4.69, 9.17) is 4.74 Å². The lowest BCUT2D eigenvalue weighted by atomic mass is 10.1. The monoisotopic (exact) mass is 328 g/mol. The highest BCUT2D eigenvalue weighted by Crippen LogP contribution is 2.31. The van der Waals surface area contributed by atoms with Gasteiger partial charge in [0.1, 0.15) is 0 Å². The van der Waals surface area contributed by atoms with Crippen molar-refractivity contribution in [1.82, 2.24) is 4.98 Å². The number of hydrogen-bond donors (Lipinski definition) is 0. The third-order valence-electron chi connectivity index (χ3n) is 3.13. The third kappa shape index (κ3) is 3.41. The zero-order valence-electron chi connectivity index (χ0n) is 12.2. The number of amides is 1. The fraction of sp³-hybridized carbons (Fsp3) is 0.200. The molecule has 0 saturated heterocycles. The van der Waals surface area contributed by atoms with Gasteiger partial charge in [-0.05, 0) is 24.3 Å². The maximum atomic E-state index is 13.7. The fourth-order valence-electron chi connectivity index (χ4n) is 1.97. The molecule has 0 atom stereocenters. The first-order chi connectivity index (χ1) is 10.8. The average Bonchev–Trinajstić information content (AvgIpc) is 2.52. The zero-order valence-corrected chi connectivity index (χ0v) is 12.2. The van der Waals surface area contributed by atoms with Crippen LogP contribution in [0.5, 0.6) is 5.75 Å². The van der Waals surface area contributed by atoms with Crippen LogP contribution in [0.25, 0.3) is 0 Å². The van der Waals surface area contributed by atoms with Gasteiger partial charge in [0.25, 0.3) is 5.91 Å². The topological polar surface area (TPSA) is 42.4 Å². The normalized spacial score (nSPS) is 11.2. The van der Waals surface area contributed by atoms with Crippen molar-refractivity contribution in [3.05, 3.63) is 53.6 Å². The van der Waals surface area contributed by atoms with Crippen molar-refractivity contribution < 1.29 is 27.1 Å². The van der Waals surface area contributed by atoms with E-state index in [1.807, 2.05) is 0 Å². The summed E-state index contributed by atoms with van der Waals surface area (Å²) in [6.45, 7) is 0. The molecule has 1 aromatic carbocycles. The van der Waals surface area contributed by atoms with E-state index in [2.05, 4.69) is 4.98 Å². The Hall–Kier alpha value is -2.64. The van der Waals surface area contributed by atoms with Crippen molar-refractivity contribution >= 4 is 11.6 Å². The minimum absolute atomic E-state index is 0.0352. The first kappa shape index (κ1) is 16.7. The van der Waals surface area contributed by atoms with Crippen LogP contribution in [-0.2, 0) is 6.18 Å². The van der Waals surface area contributed by atoms with Crippen LogP contribution in [0.15, 0.2) is 36.5 Å². The molecule has 0 spiro atoms. The summed E-state index contributed by atoms with van der Waals surface area (Å²) in [6, 6.07) is 5.89. The van der Waals surface area contributed by atoms with Crippen molar-refractivity contribution in [2.75, 3.05) is 19.1 Å². The lowest BCUT2D eigenvalue weighted by Crippen LogP contribution is -2.29. The molecule has 122 valence electrons. The van der Waals surface area contributed by atoms with Crippen LogP contribution in [0.1, 0.15) is 16.1 Å². The summed E-state index contributed by atoms with van der Waals surface area (Å²) in [5, 5.41) is 0. The molecule has 0 unspecified atom stereocenters. The van der Waals surface area contributed by atoms with E-state index in [1.165, 1.54) is 32.4 Å². The zero-order chi connectivity index (χ0) is 17.2. The Kier molecular flexibility index (Phi) is 4.53. The standard InChI is InChI=1S/C15H12F4N2O2/c1-21(9-5-6-12(23-2)11(16)8-9)14(22)10-4-3-7-20-13(10)15(17,18)19/h3-8H,1-2H3. The SMILES string of the molecule is COc1ccc(N(C)C(=O)c2cccnc2C(F)(F)F)cc1F. The molecule has 0 fully saturated rings. The number of rotatable bonds is 3. The van der Waals surface area contributed by atoms with Crippen LogP contribution in [0.2, 0.25) is 0 Å². The van der Waals surface area contributed by atoms with Gasteiger partial charge in [-0.15, -0.1) is 0 Å². The smallest absolute Gasteiger partial charge is 0.434 e. The number of hydrogen-bond acceptors (Lipinski definition) is 3. The van der Waals surface area contributed by atoms with Gasteiger partial charge in [0.2, 0.25) is 0 Å². The summed E-state index contributed by atoms with van der Waals surface area (Å²) in [5.41, 5.74) is -1.81. The van der Waals surface area contributed by atoms with Gasteiger partial charge in [0.15, 0.2) is 17.3 Å². The van der Waals surface area contributed by atoms with Gasteiger partial charge < -0.3 is 9.64 Å². The minimum atomic E-state index is -4.77. The minimum Gasteiger partial charge on any atom is -0.494 e. The molecular weight excluding hydrogens is 316 g/mol. The van der Waals surface area contributed by atoms with Crippen LogP contribution >= 0.6 is 0 Å². The Labute approximate surface area is 129 Å². The van der Waals surface area contributed by atoms with Gasteiger partial charge in [-0.25, -0.2) is 4.39 Å². The molecule has 0 N–H and O–H groups in total. The molecule has 1 heterocycles. The van der Waals surface area contributed by atoms with Gasteiger partial charge >= 0.3 is 6.18 Å². The largest absolute Gasteiger partial charge is 0.494 e. The lowest BCUT2D eigenvalue weighted by molar-refractivity contribution is -0.141. The van der Waals surface area contributed by atoms with Crippen molar-refractivity contribution in [1.29, 1.82) is 0 Å². The van der Waals surface area contributed by atoms with E-state index in [0.29, 0.717) is 0 Å². The number of carbonyl (C=O) groups is 1. The Balaban J connectivity index is 2.40. The second kappa shape index (κ2) is 6.23. The van der Waals surface area contributed by atoms with E-state index >= 15 is 0 Å². The molecule has 8 heteroatoms. The number of benzene rings is 1. The Morgan fingerprint density at radius 3 is 2.52 bits per heavy atom. The predicted octanol–water partition coefficient (Wildman–Crippen LogP) is 3.52. The van der Waals surface area contributed by atoms with Crippen molar-refractivity contribution in [3.8, 4) is 5.75 Å². The molecule has 4 nitrogen and oxygen atoms in total. The second-order valence-electron chi connectivity index (χ2n) is 4.58. The van der Waals surface area contributed by atoms with Gasteiger partial charge in [-0.3, -0.25) is 9.78 Å². The third-order valence-corrected chi connectivity index (χ3v) is 3.13. The molecule has 0 bridgehead atoms. The predicted molar refractivity (Wildman–Crippen MR) is 74.9 cm³/mol. The van der Waals surface area contributed by atoms with Gasteiger partial charge in [0, 0.05) is 25.0 Å². The number of halogens is 4. The summed E-state index contributed by atoms with van der Waals surface area (Å²) in [4.78, 5) is 16.4. The summed E-state index contributed by atoms with van der Waals surface area (Å²) >= 11 is 0. The van der Waals surface area contributed by atoms with E-state index in [-0.39, 0.29) is 11.4 Å². The summed E-state index contributed by atoms with van der Waals surface area (Å²) in [5.74, 6) is -1.71. The van der Waals surface area contributed by atoms with Crippen LogP contribution in [0.3, 0.4) is 0 Å². The van der Waals surface area contributed by atoms with Crippen LogP contribution in [0, 0.1) is 5.82 Å². The van der Waals surface area contributed by atoms with Crippen molar-refractivity contribution in [2.45, 2.75) is 6.18 Å². The highest BCUT2D eigenvalue weighted by molar-refractivity contribution is 6.06. The van der Waals surface area contributed by atoms with Gasteiger partial charge in [0.05, 0.1) is 12.7 Å². The summed E-state index contributed by atoms with van der Waals surface area (Å²) in [6.07, 6.45) is -3.81. The van der Waals surface area contributed by atoms with E-state index < -0.39 is 29.2 Å². The highest BCUT2D eigenvalue weighted by Gasteiger charge is 2.37. The van der Waals surface area contributed by atoms with E-state index in [9.17, 15) is 22.4 Å². The molecule has 0 saturated carbocycles. The molecule has 0 radical (unpaired) electrons. The van der Waals surface area contributed by atoms with Crippen molar-refractivity contribution in [3.63, 3.8) is 0 Å². The van der Waals surface area contributed by atoms with Crippen LogP contribution in [-0.4, -0.2) is 25.0 Å². The van der Waals surface area contributed by atoms with Gasteiger partial charge in [-0.2, -0.15) is 13.2 Å². The molecule has 1 aromatic heterocycles. The number of ether oxygens (including phenoxy) is 1. The quantitative estimate of drug-likeness (QED) is 0.810. The second-order valence-corrected chi connectivity index (χ2v) is 4.58. The van der Waals surface area contributed by atoms with Crippen LogP contribution < -0.4 is 9.64 Å². The number of anilines is 1. The molecule has 2 rings (SSSR count). The Morgan fingerprint density at radius 1 is 1.26 bits per heavy atom. The number of carbonyl (C=O) groups excluding carboxylic acids is 1. The Morgan fingerprint density at radius 2 is 1.96 bits per heavy atom. The van der Waals surface area contributed by atoms with Crippen LogP contribution in [0.4, 0.5) is 23.2 Å². The number of pyridine rings is 1. The summed E-state index contributed by atoms with van der Waals surface area (Å²) in [7, 11) is 2.52. The number of methoxy groups -OCH3 is 1. The van der Waals surface area contributed by atoms with Gasteiger partial charge in [-0.1, -0.05) is 0 Å². The van der Waals surface area contributed by atoms with E-state index in [1.54, 1.807) is 0 Å². The first-order valence-corrected chi connectivity index (χ1v) is 6.39. The molecule has 2 aromatic rings. The number of alkyl halides is 3. The van der Waals surface area contributed by atoms with Crippen molar-refractivity contribution in [2.24, 2.45) is 0 Å². The molecular formula is C15H12F4N2O2. The highest BCUT2D eigenvalue weighted by atomic mass is 19.4. The van der Waals surface area contributed by atoms with E-state index in [0.717, 1.165) is 23.2 Å². The average molecular weight is 328 g/mol. The Bertz CT molecular complexity index is 732. The molecule has 0 aliphatic rings. The number of nitrogens with zero attached hydrogens (tertiary/aromatic N) is 2. The molecule has 0 aliphatic carbocycles. The molecule has 0 aliphatic heterocycles. The maximum absolute atomic E-state index is 13.7.